The minimum Gasteiger partial charge on any atom is -0.275 e. The molecule has 4 atom stereocenters. The number of nitrogens with one attached hydrogen (secondary N) is 1. The Labute approximate surface area is 75.0 Å². The van der Waals surface area contributed by atoms with E-state index >= 15 is 0 Å². The summed E-state index contributed by atoms with van der Waals surface area (Å²) in [6, 6.07) is 0. The van der Waals surface area contributed by atoms with Crippen LogP contribution in [0, 0.1) is 0 Å². The molecule has 0 amide bonds. The van der Waals surface area contributed by atoms with Crippen LogP contribution in [0.5, 0.6) is 0 Å². The van der Waals surface area contributed by atoms with Crippen molar-refractivity contribution in [3.8, 4) is 0 Å². The van der Waals surface area contributed by atoms with Gasteiger partial charge in [-0.05, 0) is 59.7 Å². The third-order valence-electron chi connectivity index (χ3n) is 1.96. The second kappa shape index (κ2) is 4.23. The van der Waals surface area contributed by atoms with Crippen LogP contribution in [0.25, 0.3) is 0 Å². The molecule has 2 heterocycles. The fourth-order valence-corrected chi connectivity index (χ4v) is 8.92. The first-order valence-electron chi connectivity index (χ1n) is 3.88. The standard InChI is InChI=1S/C5H14N2P4/c1-11-4-2-3-8-7(11)5-9-6-10-5/h5-6,8-10H,2-4H2,1H3. The SMILES string of the molecule is CP1CCCPN1C1PNP1. The molecule has 2 nitrogen and oxygen atoms in total. The van der Waals surface area contributed by atoms with Crippen LogP contribution in [0.4, 0.5) is 0 Å². The number of rotatable bonds is 1. The van der Waals surface area contributed by atoms with Gasteiger partial charge in [0.2, 0.25) is 0 Å². The van der Waals surface area contributed by atoms with E-state index in [1.165, 1.54) is 18.7 Å². The molecule has 2 aliphatic heterocycles. The number of nitrogens with zero attached hydrogens (tertiary/aromatic N) is 1. The van der Waals surface area contributed by atoms with E-state index in [-0.39, 0.29) is 8.07 Å². The normalized spacial score (nSPS) is 46.6. The molecule has 2 fully saturated rings. The summed E-state index contributed by atoms with van der Waals surface area (Å²) >= 11 is 0. The molecule has 0 bridgehead atoms. The third kappa shape index (κ3) is 2.11. The second-order valence-electron chi connectivity index (χ2n) is 2.80. The molecule has 1 N–H and O–H groups in total. The van der Waals surface area contributed by atoms with Gasteiger partial charge in [0.25, 0.3) is 0 Å². The van der Waals surface area contributed by atoms with Gasteiger partial charge in [-0.15, -0.1) is 0 Å². The first-order chi connectivity index (χ1) is 5.38. The van der Waals surface area contributed by atoms with Crippen molar-refractivity contribution >= 4 is 34.3 Å². The van der Waals surface area contributed by atoms with E-state index in [4.69, 9.17) is 0 Å². The van der Waals surface area contributed by atoms with Gasteiger partial charge in [-0.3, -0.25) is 9.30 Å². The molecule has 2 aliphatic rings. The molecule has 2 rings (SSSR count). The van der Waals surface area contributed by atoms with E-state index in [9.17, 15) is 0 Å². The van der Waals surface area contributed by atoms with Crippen molar-refractivity contribution < 1.29 is 0 Å². The minimum absolute atomic E-state index is 0.271. The van der Waals surface area contributed by atoms with E-state index in [1.54, 1.807) is 0 Å². The van der Waals surface area contributed by atoms with Crippen molar-refractivity contribution in [2.24, 2.45) is 0 Å². The fraction of sp³-hybridized carbons (Fsp3) is 1.00. The highest BCUT2D eigenvalue weighted by Gasteiger charge is 2.29. The highest BCUT2D eigenvalue weighted by atomic mass is 31.2. The van der Waals surface area contributed by atoms with Gasteiger partial charge in [-0.2, -0.15) is 0 Å². The maximum Gasteiger partial charge on any atom is 0.0779 e. The highest BCUT2D eigenvalue weighted by Crippen LogP contribution is 2.60. The summed E-state index contributed by atoms with van der Waals surface area (Å²) in [5.74, 6) is 0. The Morgan fingerprint density at radius 2 is 2.36 bits per heavy atom. The van der Waals surface area contributed by atoms with Crippen LogP contribution in [0.15, 0.2) is 0 Å². The van der Waals surface area contributed by atoms with Crippen molar-refractivity contribution in [1.29, 1.82) is 0 Å². The van der Waals surface area contributed by atoms with E-state index in [0.29, 0.717) is 0 Å². The Bertz CT molecular complexity index is 138. The van der Waals surface area contributed by atoms with Gasteiger partial charge in [-0.25, -0.2) is 0 Å². The molecule has 0 saturated carbocycles. The third-order valence-corrected chi connectivity index (χ3v) is 10.5. The van der Waals surface area contributed by atoms with Crippen LogP contribution in [0.2, 0.25) is 0 Å². The van der Waals surface area contributed by atoms with Crippen molar-refractivity contribution in [2.75, 3.05) is 19.0 Å². The molecule has 0 aromatic heterocycles. The molecular weight excluding hydrogens is 212 g/mol. The molecule has 6 heteroatoms. The molecule has 0 aromatic carbocycles. The van der Waals surface area contributed by atoms with Crippen LogP contribution >= 0.6 is 34.3 Å². The fourth-order valence-electron chi connectivity index (χ4n) is 1.28. The summed E-state index contributed by atoms with van der Waals surface area (Å²) in [6.45, 7) is 2.45. The van der Waals surface area contributed by atoms with Crippen LogP contribution in [0.3, 0.4) is 0 Å². The Morgan fingerprint density at radius 3 is 2.91 bits per heavy atom. The second-order valence-corrected chi connectivity index (χ2v) is 9.92. The lowest BCUT2D eigenvalue weighted by atomic mass is 10.6. The maximum atomic E-state index is 3.41. The van der Waals surface area contributed by atoms with Crippen LogP contribution < -0.4 is 4.86 Å². The minimum atomic E-state index is 0.271. The summed E-state index contributed by atoms with van der Waals surface area (Å²) in [5.41, 5.74) is 0.963. The van der Waals surface area contributed by atoms with Gasteiger partial charge in [0.1, 0.15) is 0 Å². The van der Waals surface area contributed by atoms with Crippen molar-refractivity contribution in [1.82, 2.24) is 9.30 Å². The average Bonchev–Trinajstić information content (AvgIpc) is 1.90. The quantitative estimate of drug-likeness (QED) is 0.690. The zero-order chi connectivity index (χ0) is 7.68. The summed E-state index contributed by atoms with van der Waals surface area (Å²) in [4.78, 5) is 3.41. The molecule has 64 valence electrons. The van der Waals surface area contributed by atoms with Crippen molar-refractivity contribution in [3.05, 3.63) is 0 Å². The van der Waals surface area contributed by atoms with E-state index < -0.39 is 0 Å². The Kier molecular flexibility index (Phi) is 3.54. The van der Waals surface area contributed by atoms with Crippen LogP contribution in [-0.4, -0.2) is 29.0 Å². The van der Waals surface area contributed by atoms with Gasteiger partial charge < -0.3 is 0 Å². The van der Waals surface area contributed by atoms with E-state index in [1.807, 2.05) is 0 Å². The molecular formula is C5H14N2P4. The zero-order valence-corrected chi connectivity index (χ0v) is 10.5. The molecule has 11 heavy (non-hydrogen) atoms. The predicted molar refractivity (Wildman–Crippen MR) is 60.9 cm³/mol. The highest BCUT2D eigenvalue weighted by molar-refractivity contribution is 7.74. The average molecular weight is 226 g/mol. The lowest BCUT2D eigenvalue weighted by molar-refractivity contribution is 0.766. The van der Waals surface area contributed by atoms with Crippen molar-refractivity contribution in [2.45, 2.75) is 11.9 Å². The summed E-state index contributed by atoms with van der Waals surface area (Å²) in [7, 11) is 3.50. The lowest BCUT2D eigenvalue weighted by Crippen LogP contribution is -2.28. The molecule has 2 saturated heterocycles. The molecule has 0 aromatic rings. The number of hydrogen-bond acceptors (Lipinski definition) is 2. The monoisotopic (exact) mass is 226 g/mol. The molecule has 0 radical (unpaired) electrons. The van der Waals surface area contributed by atoms with Gasteiger partial charge >= 0.3 is 0 Å². The number of hydrogen-bond donors (Lipinski definition) is 1. The van der Waals surface area contributed by atoms with Crippen molar-refractivity contribution in [3.63, 3.8) is 0 Å². The zero-order valence-electron chi connectivity index (χ0n) is 6.59. The molecule has 0 spiro atoms. The first kappa shape index (κ1) is 9.21. The summed E-state index contributed by atoms with van der Waals surface area (Å²) in [5, 5.41) is 0. The van der Waals surface area contributed by atoms with Crippen LogP contribution in [0.1, 0.15) is 6.42 Å². The summed E-state index contributed by atoms with van der Waals surface area (Å²) in [6.07, 6.45) is 4.45. The Balaban J connectivity index is 1.88. The topological polar surface area (TPSA) is 15.3 Å². The largest absolute Gasteiger partial charge is 0.275 e. The van der Waals surface area contributed by atoms with Gasteiger partial charge in [0.15, 0.2) is 0 Å². The smallest absolute Gasteiger partial charge is 0.0779 e. The van der Waals surface area contributed by atoms with E-state index in [2.05, 4.69) is 16.0 Å². The van der Waals surface area contributed by atoms with Gasteiger partial charge in [0.05, 0.1) is 5.52 Å². The first-order valence-corrected chi connectivity index (χ1v) is 9.11. The molecule has 4 unspecified atom stereocenters. The lowest BCUT2D eigenvalue weighted by Gasteiger charge is -2.43. The van der Waals surface area contributed by atoms with Gasteiger partial charge in [-0.1, -0.05) is 0 Å². The Hall–Kier alpha value is 1.64. The van der Waals surface area contributed by atoms with Gasteiger partial charge in [0, 0.05) is 0 Å². The van der Waals surface area contributed by atoms with Crippen LogP contribution in [-0.2, 0) is 0 Å². The molecule has 0 aliphatic carbocycles. The maximum absolute atomic E-state index is 3.41. The van der Waals surface area contributed by atoms with E-state index in [0.717, 1.165) is 31.7 Å². The summed E-state index contributed by atoms with van der Waals surface area (Å²) < 4.78 is 2.80. The predicted octanol–water partition coefficient (Wildman–Crippen LogP) is 2.39. The Morgan fingerprint density at radius 1 is 1.55 bits per heavy atom.